The van der Waals surface area contributed by atoms with Crippen molar-refractivity contribution in [3.8, 4) is 0 Å². The molecule has 0 aliphatic carbocycles. The number of carbonyl (C=O) groups is 2. The van der Waals surface area contributed by atoms with Gasteiger partial charge in [-0.05, 0) is 12.2 Å². The maximum Gasteiger partial charge on any atom is 0.307 e. The van der Waals surface area contributed by atoms with Crippen molar-refractivity contribution in [2.45, 2.75) is 12.8 Å². The van der Waals surface area contributed by atoms with E-state index in [9.17, 15) is 9.59 Å². The van der Waals surface area contributed by atoms with E-state index in [1.54, 1.807) is 0 Å². The zero-order chi connectivity index (χ0) is 8.69. The van der Waals surface area contributed by atoms with Crippen molar-refractivity contribution < 1.29 is 19.8 Å². The van der Waals surface area contributed by atoms with E-state index in [0.717, 1.165) is 0 Å². The lowest BCUT2D eigenvalue weighted by Gasteiger charge is -1.79. The molecule has 0 aliphatic heterocycles. The van der Waals surface area contributed by atoms with Gasteiger partial charge in [-0.2, -0.15) is 0 Å². The predicted octanol–water partition coefficient (Wildman–Crippen LogP) is 0.647. The van der Waals surface area contributed by atoms with Crippen molar-refractivity contribution in [2.75, 3.05) is 0 Å². The van der Waals surface area contributed by atoms with Crippen LogP contribution in [0.25, 0.3) is 0 Å². The fourth-order valence-electron chi connectivity index (χ4n) is 0.376. The third-order valence-corrected chi connectivity index (χ3v) is 0.789. The van der Waals surface area contributed by atoms with Gasteiger partial charge >= 0.3 is 11.9 Å². The Labute approximate surface area is 63.5 Å². The molecule has 0 heterocycles. The minimum atomic E-state index is -0.957. The van der Waals surface area contributed by atoms with Gasteiger partial charge in [0.1, 0.15) is 0 Å². The molecule has 0 aliphatic rings. The molecule has 0 amide bonds. The summed E-state index contributed by atoms with van der Waals surface area (Å²) >= 11 is 0. The molecule has 0 aromatic heterocycles. The maximum absolute atomic E-state index is 9.89. The normalized spacial score (nSPS) is 8.00. The number of rotatable bonds is 4. The lowest BCUT2D eigenvalue weighted by Crippen LogP contribution is -1.90. The van der Waals surface area contributed by atoms with E-state index in [1.165, 1.54) is 12.2 Å². The first-order valence-corrected chi connectivity index (χ1v) is 2.96. The molecule has 4 heteroatoms. The molecule has 0 rings (SSSR count). The average molecular weight is 156 g/mol. The summed E-state index contributed by atoms with van der Waals surface area (Å²) in [5.74, 6) is -1.91. The van der Waals surface area contributed by atoms with E-state index in [1.807, 2.05) is 0 Å². The van der Waals surface area contributed by atoms with Gasteiger partial charge in [-0.15, -0.1) is 5.73 Å². The minimum Gasteiger partial charge on any atom is -0.481 e. The Kier molecular flexibility index (Phi) is 4.52. The molecule has 0 bridgehead atoms. The lowest BCUT2D eigenvalue weighted by molar-refractivity contribution is -0.136. The Hall–Kier alpha value is -1.54. The van der Waals surface area contributed by atoms with Gasteiger partial charge in [0.2, 0.25) is 0 Å². The standard InChI is InChI=1S/C7H8O4/c8-6(9)4-2-1-3-5-7(10)11/h2-3H,4-5H2,(H,8,9)(H,10,11). The molecular weight excluding hydrogens is 148 g/mol. The van der Waals surface area contributed by atoms with Crippen molar-refractivity contribution in [1.82, 2.24) is 0 Å². The van der Waals surface area contributed by atoms with Crippen LogP contribution >= 0.6 is 0 Å². The lowest BCUT2D eigenvalue weighted by atomic mass is 10.4. The summed E-state index contributed by atoms with van der Waals surface area (Å²) in [6.07, 6.45) is 2.28. The van der Waals surface area contributed by atoms with Gasteiger partial charge in [-0.3, -0.25) is 9.59 Å². The number of hydrogen-bond acceptors (Lipinski definition) is 2. The third-order valence-electron chi connectivity index (χ3n) is 0.789. The Morgan fingerprint density at radius 3 is 1.73 bits per heavy atom. The van der Waals surface area contributed by atoms with E-state index < -0.39 is 11.9 Å². The van der Waals surface area contributed by atoms with Gasteiger partial charge in [0.25, 0.3) is 0 Å². The van der Waals surface area contributed by atoms with Crippen molar-refractivity contribution in [1.29, 1.82) is 0 Å². The van der Waals surface area contributed by atoms with Crippen LogP contribution in [0.4, 0.5) is 0 Å². The zero-order valence-corrected chi connectivity index (χ0v) is 5.78. The van der Waals surface area contributed by atoms with Crippen molar-refractivity contribution in [3.63, 3.8) is 0 Å². The van der Waals surface area contributed by atoms with E-state index >= 15 is 0 Å². The molecule has 0 radical (unpaired) electrons. The highest BCUT2D eigenvalue weighted by atomic mass is 16.4. The third kappa shape index (κ3) is 8.46. The second kappa shape index (κ2) is 5.26. The van der Waals surface area contributed by atoms with E-state index in [-0.39, 0.29) is 12.8 Å². The summed E-state index contributed by atoms with van der Waals surface area (Å²) in [7, 11) is 0. The predicted molar refractivity (Wildman–Crippen MR) is 37.2 cm³/mol. The van der Waals surface area contributed by atoms with Crippen LogP contribution in [-0.4, -0.2) is 22.2 Å². The molecule has 0 aromatic carbocycles. The van der Waals surface area contributed by atoms with Crippen LogP contribution in [0.2, 0.25) is 0 Å². The Morgan fingerprint density at radius 2 is 1.45 bits per heavy atom. The van der Waals surface area contributed by atoms with Crippen LogP contribution in [0.1, 0.15) is 12.8 Å². The summed E-state index contributed by atoms with van der Waals surface area (Å²) in [4.78, 5) is 19.8. The molecule has 60 valence electrons. The Bertz CT molecular complexity index is 190. The smallest absolute Gasteiger partial charge is 0.307 e. The maximum atomic E-state index is 9.89. The SMILES string of the molecule is O=C(O)CC=C=CCC(=O)O. The largest absolute Gasteiger partial charge is 0.481 e. The van der Waals surface area contributed by atoms with Crippen LogP contribution in [0.5, 0.6) is 0 Å². The average Bonchev–Trinajstić information content (AvgIpc) is 1.85. The molecule has 4 nitrogen and oxygen atoms in total. The van der Waals surface area contributed by atoms with E-state index in [2.05, 4.69) is 5.73 Å². The molecule has 0 saturated heterocycles. The van der Waals surface area contributed by atoms with Crippen molar-refractivity contribution in [2.24, 2.45) is 0 Å². The first-order chi connectivity index (χ1) is 5.13. The molecule has 0 aromatic rings. The van der Waals surface area contributed by atoms with E-state index in [0.29, 0.717) is 0 Å². The number of carboxylic acid groups (broad SMARTS) is 2. The van der Waals surface area contributed by atoms with Crippen LogP contribution in [-0.2, 0) is 9.59 Å². The van der Waals surface area contributed by atoms with Crippen LogP contribution < -0.4 is 0 Å². The zero-order valence-electron chi connectivity index (χ0n) is 5.78. The summed E-state index contributed by atoms with van der Waals surface area (Å²) in [5.41, 5.74) is 2.44. The van der Waals surface area contributed by atoms with Gasteiger partial charge in [0.05, 0.1) is 12.8 Å². The molecular formula is C7H8O4. The molecule has 0 saturated carbocycles. The first kappa shape index (κ1) is 9.46. The molecule has 0 unspecified atom stereocenters. The van der Waals surface area contributed by atoms with Gasteiger partial charge in [-0.25, -0.2) is 0 Å². The Morgan fingerprint density at radius 1 is 1.09 bits per heavy atom. The molecule has 0 fully saturated rings. The van der Waals surface area contributed by atoms with Gasteiger partial charge < -0.3 is 10.2 Å². The summed E-state index contributed by atoms with van der Waals surface area (Å²) in [6, 6.07) is 0. The molecule has 11 heavy (non-hydrogen) atoms. The first-order valence-electron chi connectivity index (χ1n) is 2.96. The second-order valence-corrected chi connectivity index (χ2v) is 1.77. The van der Waals surface area contributed by atoms with Gasteiger partial charge in [0, 0.05) is 0 Å². The van der Waals surface area contributed by atoms with Crippen LogP contribution in [0.3, 0.4) is 0 Å². The quantitative estimate of drug-likeness (QED) is 0.586. The minimum absolute atomic E-state index is 0.129. The highest BCUT2D eigenvalue weighted by molar-refractivity contribution is 5.69. The summed E-state index contributed by atoms with van der Waals surface area (Å²) in [5, 5.41) is 16.2. The number of aliphatic carboxylic acids is 2. The Balaban J connectivity index is 3.64. The van der Waals surface area contributed by atoms with Gasteiger partial charge in [-0.1, -0.05) is 0 Å². The highest BCUT2D eigenvalue weighted by Crippen LogP contribution is 1.82. The molecule has 0 atom stereocenters. The molecule has 0 spiro atoms. The van der Waals surface area contributed by atoms with Crippen LogP contribution in [0.15, 0.2) is 17.9 Å². The van der Waals surface area contributed by atoms with Crippen molar-refractivity contribution >= 4 is 11.9 Å². The monoisotopic (exact) mass is 156 g/mol. The fraction of sp³-hybridized carbons (Fsp3) is 0.286. The summed E-state index contributed by atoms with van der Waals surface area (Å²) < 4.78 is 0. The second-order valence-electron chi connectivity index (χ2n) is 1.77. The summed E-state index contributed by atoms with van der Waals surface area (Å²) in [6.45, 7) is 0. The molecule has 2 N–H and O–H groups in total. The highest BCUT2D eigenvalue weighted by Gasteiger charge is 1.88. The number of carboxylic acids is 2. The van der Waals surface area contributed by atoms with Gasteiger partial charge in [0.15, 0.2) is 0 Å². The van der Waals surface area contributed by atoms with Crippen molar-refractivity contribution in [3.05, 3.63) is 17.9 Å². The van der Waals surface area contributed by atoms with E-state index in [4.69, 9.17) is 10.2 Å². The van der Waals surface area contributed by atoms with Crippen LogP contribution in [0, 0.1) is 0 Å². The number of hydrogen-bond donors (Lipinski definition) is 2. The topological polar surface area (TPSA) is 74.6 Å². The fourth-order valence-corrected chi connectivity index (χ4v) is 0.376.